The quantitative estimate of drug-likeness (QED) is 0.715. The van der Waals surface area contributed by atoms with Crippen LogP contribution in [-0.2, 0) is 9.53 Å². The molecule has 0 radical (unpaired) electrons. The van der Waals surface area contributed by atoms with Crippen LogP contribution in [0.4, 0.5) is 5.69 Å². The second-order valence-electron chi connectivity index (χ2n) is 3.84. The molecule has 0 N–H and O–H groups in total. The third-order valence-electron chi connectivity index (χ3n) is 2.72. The van der Waals surface area contributed by atoms with Crippen molar-refractivity contribution in [2.24, 2.45) is 5.92 Å². The summed E-state index contributed by atoms with van der Waals surface area (Å²) in [7, 11) is 3.43. The van der Waals surface area contributed by atoms with Crippen LogP contribution in [0.1, 0.15) is 13.3 Å². The van der Waals surface area contributed by atoms with Gasteiger partial charge in [0.2, 0.25) is 0 Å². The molecule has 1 aromatic rings. The lowest BCUT2D eigenvalue weighted by Gasteiger charge is -2.23. The van der Waals surface area contributed by atoms with Crippen LogP contribution in [-0.4, -0.2) is 26.7 Å². The number of carbonyl (C=O) groups excluding carboxylic acids is 1. The fourth-order valence-corrected chi connectivity index (χ4v) is 1.66. The average Bonchev–Trinajstić information content (AvgIpc) is 2.35. The van der Waals surface area contributed by atoms with E-state index in [1.807, 2.05) is 44.3 Å². The van der Waals surface area contributed by atoms with Crippen LogP contribution in [0.2, 0.25) is 0 Å². The summed E-state index contributed by atoms with van der Waals surface area (Å²) in [5.41, 5.74) is 1.12. The SMILES string of the molecule is CCC(CN(C)c1ccccc1)C(=O)OC. The van der Waals surface area contributed by atoms with E-state index in [4.69, 9.17) is 4.74 Å². The van der Waals surface area contributed by atoms with Gasteiger partial charge in [0, 0.05) is 19.3 Å². The van der Waals surface area contributed by atoms with E-state index in [1.54, 1.807) is 0 Å². The number of esters is 1. The van der Waals surface area contributed by atoms with Crippen molar-refractivity contribution in [1.29, 1.82) is 0 Å². The molecule has 88 valence electrons. The van der Waals surface area contributed by atoms with Crippen molar-refractivity contribution in [1.82, 2.24) is 0 Å². The molecule has 3 nitrogen and oxygen atoms in total. The highest BCUT2D eigenvalue weighted by Gasteiger charge is 2.18. The molecule has 0 saturated carbocycles. The van der Waals surface area contributed by atoms with Crippen LogP contribution in [0.3, 0.4) is 0 Å². The Labute approximate surface area is 97.0 Å². The predicted molar refractivity (Wildman–Crippen MR) is 65.5 cm³/mol. The molecule has 0 aromatic heterocycles. The molecule has 0 aliphatic heterocycles. The monoisotopic (exact) mass is 221 g/mol. The Morgan fingerprint density at radius 1 is 1.38 bits per heavy atom. The first kappa shape index (κ1) is 12.6. The first-order valence-electron chi connectivity index (χ1n) is 5.53. The number of benzene rings is 1. The Kier molecular flexibility index (Phi) is 4.83. The Bertz CT molecular complexity index is 324. The zero-order chi connectivity index (χ0) is 12.0. The Hall–Kier alpha value is -1.51. The Morgan fingerprint density at radius 3 is 2.50 bits per heavy atom. The van der Waals surface area contributed by atoms with Gasteiger partial charge in [0.05, 0.1) is 13.0 Å². The number of methoxy groups -OCH3 is 1. The third-order valence-corrected chi connectivity index (χ3v) is 2.72. The summed E-state index contributed by atoms with van der Waals surface area (Å²) in [6, 6.07) is 10.0. The average molecular weight is 221 g/mol. The second kappa shape index (κ2) is 6.16. The fourth-order valence-electron chi connectivity index (χ4n) is 1.66. The van der Waals surface area contributed by atoms with Crippen LogP contribution < -0.4 is 4.90 Å². The van der Waals surface area contributed by atoms with E-state index >= 15 is 0 Å². The van der Waals surface area contributed by atoms with E-state index in [9.17, 15) is 4.79 Å². The molecule has 0 heterocycles. The zero-order valence-electron chi connectivity index (χ0n) is 10.1. The minimum Gasteiger partial charge on any atom is -0.469 e. The van der Waals surface area contributed by atoms with Crippen LogP contribution in [0, 0.1) is 5.92 Å². The molecule has 0 spiro atoms. The van der Waals surface area contributed by atoms with Crippen LogP contribution in [0.5, 0.6) is 0 Å². The van der Waals surface area contributed by atoms with E-state index in [2.05, 4.69) is 4.90 Å². The predicted octanol–water partition coefficient (Wildman–Crippen LogP) is 2.32. The highest BCUT2D eigenvalue weighted by Crippen LogP contribution is 2.15. The highest BCUT2D eigenvalue weighted by molar-refractivity contribution is 5.73. The van der Waals surface area contributed by atoms with E-state index < -0.39 is 0 Å². The highest BCUT2D eigenvalue weighted by atomic mass is 16.5. The van der Waals surface area contributed by atoms with Crippen molar-refractivity contribution < 1.29 is 9.53 Å². The van der Waals surface area contributed by atoms with Crippen molar-refractivity contribution in [2.75, 3.05) is 25.6 Å². The molecular weight excluding hydrogens is 202 g/mol. The Morgan fingerprint density at radius 2 is 2.00 bits per heavy atom. The van der Waals surface area contributed by atoms with Gasteiger partial charge in [-0.1, -0.05) is 25.1 Å². The summed E-state index contributed by atoms with van der Waals surface area (Å²) in [4.78, 5) is 13.5. The lowest BCUT2D eigenvalue weighted by molar-refractivity contribution is -0.145. The molecule has 0 aliphatic rings. The van der Waals surface area contributed by atoms with E-state index in [0.29, 0.717) is 6.54 Å². The lowest BCUT2D eigenvalue weighted by Crippen LogP contribution is -2.30. The molecular formula is C13H19NO2. The smallest absolute Gasteiger partial charge is 0.310 e. The molecule has 0 bridgehead atoms. The minimum atomic E-state index is -0.134. The van der Waals surface area contributed by atoms with Crippen molar-refractivity contribution in [3.05, 3.63) is 30.3 Å². The zero-order valence-corrected chi connectivity index (χ0v) is 10.1. The van der Waals surface area contributed by atoms with Gasteiger partial charge in [-0.25, -0.2) is 0 Å². The summed E-state index contributed by atoms with van der Waals surface area (Å²) in [5, 5.41) is 0. The summed E-state index contributed by atoms with van der Waals surface area (Å²) in [6.07, 6.45) is 0.795. The standard InChI is InChI=1S/C13H19NO2/c1-4-11(13(15)16-3)10-14(2)12-8-6-5-7-9-12/h5-9,11H,4,10H2,1-3H3. The second-order valence-corrected chi connectivity index (χ2v) is 3.84. The summed E-state index contributed by atoms with van der Waals surface area (Å²) < 4.78 is 4.77. The number of rotatable bonds is 5. The number of para-hydroxylation sites is 1. The maximum absolute atomic E-state index is 11.5. The van der Waals surface area contributed by atoms with E-state index in [1.165, 1.54) is 7.11 Å². The van der Waals surface area contributed by atoms with Gasteiger partial charge in [0.1, 0.15) is 0 Å². The van der Waals surface area contributed by atoms with Gasteiger partial charge in [-0.15, -0.1) is 0 Å². The summed E-state index contributed by atoms with van der Waals surface area (Å²) in [5.74, 6) is -0.194. The maximum atomic E-state index is 11.5. The molecule has 3 heteroatoms. The number of anilines is 1. The van der Waals surface area contributed by atoms with Crippen molar-refractivity contribution in [3.8, 4) is 0 Å². The van der Waals surface area contributed by atoms with Crippen molar-refractivity contribution >= 4 is 11.7 Å². The van der Waals surface area contributed by atoms with Crippen LogP contribution in [0.25, 0.3) is 0 Å². The number of carbonyl (C=O) groups is 1. The maximum Gasteiger partial charge on any atom is 0.310 e. The Balaban J connectivity index is 2.62. The number of nitrogens with zero attached hydrogens (tertiary/aromatic N) is 1. The van der Waals surface area contributed by atoms with Gasteiger partial charge in [0.25, 0.3) is 0 Å². The summed E-state index contributed by atoms with van der Waals surface area (Å²) in [6.45, 7) is 2.69. The van der Waals surface area contributed by atoms with Gasteiger partial charge >= 0.3 is 5.97 Å². The molecule has 1 atom stereocenters. The van der Waals surface area contributed by atoms with Gasteiger partial charge in [0.15, 0.2) is 0 Å². The first-order valence-corrected chi connectivity index (χ1v) is 5.53. The van der Waals surface area contributed by atoms with E-state index in [0.717, 1.165) is 12.1 Å². The first-order chi connectivity index (χ1) is 7.69. The molecule has 1 rings (SSSR count). The van der Waals surface area contributed by atoms with Gasteiger partial charge < -0.3 is 9.64 Å². The van der Waals surface area contributed by atoms with Gasteiger partial charge in [-0.3, -0.25) is 4.79 Å². The number of hydrogen-bond donors (Lipinski definition) is 0. The molecule has 0 saturated heterocycles. The summed E-state index contributed by atoms with van der Waals surface area (Å²) >= 11 is 0. The molecule has 0 aliphatic carbocycles. The third kappa shape index (κ3) is 3.26. The molecule has 16 heavy (non-hydrogen) atoms. The molecule has 0 amide bonds. The fraction of sp³-hybridized carbons (Fsp3) is 0.462. The molecule has 1 aromatic carbocycles. The van der Waals surface area contributed by atoms with E-state index in [-0.39, 0.29) is 11.9 Å². The largest absolute Gasteiger partial charge is 0.469 e. The van der Waals surface area contributed by atoms with Gasteiger partial charge in [-0.2, -0.15) is 0 Å². The topological polar surface area (TPSA) is 29.5 Å². The van der Waals surface area contributed by atoms with Gasteiger partial charge in [-0.05, 0) is 18.6 Å². The van der Waals surface area contributed by atoms with Crippen LogP contribution in [0.15, 0.2) is 30.3 Å². The lowest BCUT2D eigenvalue weighted by atomic mass is 10.1. The number of hydrogen-bond acceptors (Lipinski definition) is 3. The molecule has 1 unspecified atom stereocenters. The van der Waals surface area contributed by atoms with Crippen LogP contribution >= 0.6 is 0 Å². The van der Waals surface area contributed by atoms with Crippen molar-refractivity contribution in [3.63, 3.8) is 0 Å². The van der Waals surface area contributed by atoms with Crippen molar-refractivity contribution in [2.45, 2.75) is 13.3 Å². The number of ether oxygens (including phenoxy) is 1. The normalized spacial score (nSPS) is 11.9. The molecule has 0 fully saturated rings. The minimum absolute atomic E-state index is 0.0600.